The van der Waals surface area contributed by atoms with E-state index in [1.54, 1.807) is 0 Å². The molecule has 0 fully saturated rings. The summed E-state index contributed by atoms with van der Waals surface area (Å²) in [4.78, 5) is 3.53. The summed E-state index contributed by atoms with van der Waals surface area (Å²) < 4.78 is 12.5. The smallest absolute Gasteiger partial charge is 0.213 e. The van der Waals surface area contributed by atoms with Crippen LogP contribution in [0.1, 0.15) is 11.1 Å². The first-order chi connectivity index (χ1) is 5.74. The topological polar surface area (TPSA) is 38.9 Å². The van der Waals surface area contributed by atoms with Crippen molar-refractivity contribution in [2.75, 3.05) is 6.54 Å². The van der Waals surface area contributed by atoms with Gasteiger partial charge in [-0.05, 0) is 24.1 Å². The molecule has 2 nitrogen and oxygen atoms in total. The van der Waals surface area contributed by atoms with Gasteiger partial charge in [0.05, 0.1) is 0 Å². The molecule has 1 aromatic rings. The van der Waals surface area contributed by atoms with Crippen molar-refractivity contribution in [1.29, 1.82) is 0 Å². The Morgan fingerprint density at radius 1 is 1.67 bits per heavy atom. The number of nitrogens with two attached hydrogens (primary N) is 1. The van der Waals surface area contributed by atoms with Crippen LogP contribution < -0.4 is 5.73 Å². The molecule has 1 aromatic heterocycles. The van der Waals surface area contributed by atoms with Crippen LogP contribution in [0.3, 0.4) is 0 Å². The number of aromatic nitrogens is 1. The number of halogens is 1. The van der Waals surface area contributed by atoms with Gasteiger partial charge in [0.1, 0.15) is 0 Å². The highest BCUT2D eigenvalue weighted by atomic mass is 19.1. The van der Waals surface area contributed by atoms with Crippen molar-refractivity contribution < 1.29 is 4.39 Å². The highest BCUT2D eigenvalue weighted by Gasteiger charge is 1.96. The van der Waals surface area contributed by atoms with Crippen LogP contribution in [0.5, 0.6) is 0 Å². The van der Waals surface area contributed by atoms with Crippen LogP contribution >= 0.6 is 0 Å². The average Bonchev–Trinajstić information content (AvgIpc) is 2.03. The first-order valence-corrected chi connectivity index (χ1v) is 3.73. The molecule has 0 saturated carbocycles. The van der Waals surface area contributed by atoms with Crippen molar-refractivity contribution in [2.24, 2.45) is 5.73 Å². The van der Waals surface area contributed by atoms with Gasteiger partial charge >= 0.3 is 0 Å². The molecular formula is C9H11FN2. The second-order valence-corrected chi connectivity index (χ2v) is 2.50. The van der Waals surface area contributed by atoms with E-state index >= 15 is 0 Å². The fourth-order valence-corrected chi connectivity index (χ4v) is 0.902. The molecule has 0 aliphatic rings. The van der Waals surface area contributed by atoms with Crippen LogP contribution in [0.25, 0.3) is 6.08 Å². The number of hydrogen-bond acceptors (Lipinski definition) is 2. The summed E-state index contributed by atoms with van der Waals surface area (Å²) in [6, 6.07) is 1.40. The Labute approximate surface area is 70.9 Å². The van der Waals surface area contributed by atoms with Crippen LogP contribution in [0, 0.1) is 12.9 Å². The molecule has 0 bridgehead atoms. The first-order valence-electron chi connectivity index (χ1n) is 3.73. The molecule has 1 heterocycles. The number of nitrogens with zero attached hydrogens (tertiary/aromatic N) is 1. The number of aryl methyl sites for hydroxylation is 1. The minimum atomic E-state index is -0.447. The number of rotatable bonds is 2. The molecule has 0 saturated heterocycles. The lowest BCUT2D eigenvalue weighted by atomic mass is 10.1. The Balaban J connectivity index is 2.94. The van der Waals surface area contributed by atoms with Gasteiger partial charge in [0, 0.05) is 12.7 Å². The third kappa shape index (κ3) is 2.13. The summed E-state index contributed by atoms with van der Waals surface area (Å²) in [6.45, 7) is 2.32. The van der Waals surface area contributed by atoms with Gasteiger partial charge in [-0.25, -0.2) is 4.98 Å². The largest absolute Gasteiger partial charge is 0.327 e. The lowest BCUT2D eigenvalue weighted by molar-refractivity contribution is 0.582. The van der Waals surface area contributed by atoms with Gasteiger partial charge < -0.3 is 5.73 Å². The van der Waals surface area contributed by atoms with Crippen molar-refractivity contribution in [3.05, 3.63) is 35.4 Å². The predicted octanol–water partition coefficient (Wildman–Crippen LogP) is 1.50. The van der Waals surface area contributed by atoms with Crippen molar-refractivity contribution in [3.8, 4) is 0 Å². The highest BCUT2D eigenvalue weighted by Crippen LogP contribution is 2.08. The van der Waals surface area contributed by atoms with Crippen molar-refractivity contribution in [3.63, 3.8) is 0 Å². The second kappa shape index (κ2) is 3.97. The Morgan fingerprint density at radius 3 is 3.00 bits per heavy atom. The van der Waals surface area contributed by atoms with Crippen molar-refractivity contribution in [1.82, 2.24) is 4.98 Å². The van der Waals surface area contributed by atoms with Crippen LogP contribution in [0.15, 0.2) is 18.3 Å². The van der Waals surface area contributed by atoms with Crippen LogP contribution in [-0.2, 0) is 0 Å². The second-order valence-electron chi connectivity index (χ2n) is 2.50. The van der Waals surface area contributed by atoms with Crippen LogP contribution in [0.4, 0.5) is 4.39 Å². The molecular weight excluding hydrogens is 155 g/mol. The lowest BCUT2D eigenvalue weighted by Crippen LogP contribution is -1.93. The van der Waals surface area contributed by atoms with E-state index in [9.17, 15) is 4.39 Å². The molecule has 0 radical (unpaired) electrons. The minimum absolute atomic E-state index is 0.447. The van der Waals surface area contributed by atoms with Gasteiger partial charge in [0.25, 0.3) is 0 Å². The van der Waals surface area contributed by atoms with Gasteiger partial charge in [0.2, 0.25) is 5.95 Å². The maximum absolute atomic E-state index is 12.5. The van der Waals surface area contributed by atoms with E-state index in [-0.39, 0.29) is 0 Å². The van der Waals surface area contributed by atoms with Gasteiger partial charge in [-0.3, -0.25) is 0 Å². The third-order valence-corrected chi connectivity index (χ3v) is 1.55. The lowest BCUT2D eigenvalue weighted by Gasteiger charge is -1.97. The monoisotopic (exact) mass is 166 g/mol. The zero-order valence-electron chi connectivity index (χ0n) is 6.92. The first kappa shape index (κ1) is 8.87. The number of hydrogen-bond donors (Lipinski definition) is 1. The molecule has 0 aliphatic heterocycles. The molecule has 64 valence electrons. The van der Waals surface area contributed by atoms with E-state index in [1.165, 1.54) is 12.3 Å². The Morgan fingerprint density at radius 2 is 2.42 bits per heavy atom. The van der Waals surface area contributed by atoms with Gasteiger partial charge in [-0.1, -0.05) is 12.2 Å². The van der Waals surface area contributed by atoms with Crippen LogP contribution in [0.2, 0.25) is 0 Å². The molecule has 0 atom stereocenters. The Hall–Kier alpha value is -1.22. The molecule has 12 heavy (non-hydrogen) atoms. The minimum Gasteiger partial charge on any atom is -0.327 e. The quantitative estimate of drug-likeness (QED) is 0.676. The summed E-state index contributed by atoms with van der Waals surface area (Å²) in [5, 5.41) is 0. The van der Waals surface area contributed by atoms with Gasteiger partial charge in [0.15, 0.2) is 0 Å². The van der Waals surface area contributed by atoms with E-state index in [0.717, 1.165) is 11.1 Å². The van der Waals surface area contributed by atoms with E-state index in [2.05, 4.69) is 4.98 Å². The van der Waals surface area contributed by atoms with Crippen molar-refractivity contribution in [2.45, 2.75) is 6.92 Å². The fourth-order valence-electron chi connectivity index (χ4n) is 0.902. The standard InChI is InChI=1S/C9H11FN2/c1-7-5-9(10)12-6-8(7)3-2-4-11/h2-3,5-6H,4,11H2,1H3. The zero-order chi connectivity index (χ0) is 8.97. The molecule has 2 N–H and O–H groups in total. The predicted molar refractivity (Wildman–Crippen MR) is 47.0 cm³/mol. The van der Waals surface area contributed by atoms with E-state index in [0.29, 0.717) is 6.54 Å². The maximum atomic E-state index is 12.5. The Kier molecular flexibility index (Phi) is 2.94. The van der Waals surface area contributed by atoms with Gasteiger partial charge in [-0.2, -0.15) is 4.39 Å². The molecule has 1 rings (SSSR count). The van der Waals surface area contributed by atoms with E-state index in [1.807, 2.05) is 19.1 Å². The average molecular weight is 166 g/mol. The van der Waals surface area contributed by atoms with Crippen molar-refractivity contribution >= 4 is 6.08 Å². The molecule has 3 heteroatoms. The summed E-state index contributed by atoms with van der Waals surface area (Å²) >= 11 is 0. The van der Waals surface area contributed by atoms with Crippen LogP contribution in [-0.4, -0.2) is 11.5 Å². The molecule has 0 amide bonds. The Bertz CT molecular complexity index is 295. The highest BCUT2D eigenvalue weighted by molar-refractivity contribution is 5.51. The summed E-state index contributed by atoms with van der Waals surface area (Å²) in [5.41, 5.74) is 7.05. The summed E-state index contributed by atoms with van der Waals surface area (Å²) in [5.74, 6) is -0.447. The summed E-state index contributed by atoms with van der Waals surface area (Å²) in [7, 11) is 0. The molecule has 0 aromatic carbocycles. The molecule has 0 spiro atoms. The number of pyridine rings is 1. The fraction of sp³-hybridized carbons (Fsp3) is 0.222. The van der Waals surface area contributed by atoms with E-state index < -0.39 is 5.95 Å². The molecule has 0 unspecified atom stereocenters. The maximum Gasteiger partial charge on any atom is 0.213 e. The SMILES string of the molecule is Cc1cc(F)ncc1C=CCN. The van der Waals surface area contributed by atoms with E-state index in [4.69, 9.17) is 5.73 Å². The zero-order valence-corrected chi connectivity index (χ0v) is 6.92. The normalized spacial score (nSPS) is 10.9. The molecule has 0 aliphatic carbocycles. The van der Waals surface area contributed by atoms with Gasteiger partial charge in [-0.15, -0.1) is 0 Å². The summed E-state index contributed by atoms with van der Waals surface area (Å²) in [6.07, 6.45) is 5.14. The third-order valence-electron chi connectivity index (χ3n) is 1.55.